The number of benzene rings is 1. The van der Waals surface area contributed by atoms with E-state index in [1.54, 1.807) is 6.08 Å². The Kier molecular flexibility index (Phi) is 7.78. The molecule has 0 atom stereocenters. The van der Waals surface area contributed by atoms with Crippen molar-refractivity contribution in [1.82, 2.24) is 4.90 Å². The first-order valence-electron chi connectivity index (χ1n) is 8.12. The van der Waals surface area contributed by atoms with Crippen LogP contribution in [-0.4, -0.2) is 35.9 Å². The second-order valence-electron chi connectivity index (χ2n) is 5.67. The van der Waals surface area contributed by atoms with Gasteiger partial charge in [0.15, 0.2) is 0 Å². The molecular formula is C18H20ClN3O4S. The molecular weight excluding hydrogens is 390 g/mol. The minimum absolute atomic E-state index is 0.117. The Balaban J connectivity index is 1.98. The van der Waals surface area contributed by atoms with Gasteiger partial charge in [0, 0.05) is 43.1 Å². The van der Waals surface area contributed by atoms with Gasteiger partial charge in [0.05, 0.1) is 22.1 Å². The number of hydrogen-bond donors (Lipinski definition) is 1. The molecule has 1 amide bonds. The third-order valence-corrected chi connectivity index (χ3v) is 4.93. The van der Waals surface area contributed by atoms with E-state index in [0.29, 0.717) is 25.4 Å². The number of carbonyl (C=O) groups excluding carboxylic acids is 1. The van der Waals surface area contributed by atoms with Crippen LogP contribution < -0.4 is 10.1 Å². The summed E-state index contributed by atoms with van der Waals surface area (Å²) in [6.07, 6.45) is 2.00. The van der Waals surface area contributed by atoms with E-state index in [0.717, 1.165) is 9.21 Å². The van der Waals surface area contributed by atoms with Crippen LogP contribution in [0.3, 0.4) is 0 Å². The summed E-state index contributed by atoms with van der Waals surface area (Å²) in [4.78, 5) is 25.9. The zero-order chi connectivity index (χ0) is 19.8. The number of methoxy groups -OCH3 is 1. The average molecular weight is 410 g/mol. The van der Waals surface area contributed by atoms with Crippen molar-refractivity contribution < 1.29 is 14.5 Å². The molecule has 0 unspecified atom stereocenters. The minimum Gasteiger partial charge on any atom is -0.495 e. The number of rotatable bonds is 10. The van der Waals surface area contributed by atoms with Gasteiger partial charge in [-0.3, -0.25) is 19.8 Å². The molecule has 0 fully saturated rings. The first kappa shape index (κ1) is 20.9. The molecule has 0 saturated heterocycles. The number of nitro benzene ring substituents is 1. The smallest absolute Gasteiger partial charge is 0.271 e. The number of halogens is 1. The van der Waals surface area contributed by atoms with Crippen LogP contribution in [0.1, 0.15) is 11.3 Å². The Morgan fingerprint density at radius 2 is 2.22 bits per heavy atom. The maximum atomic E-state index is 12.3. The van der Waals surface area contributed by atoms with Crippen molar-refractivity contribution in [3.63, 3.8) is 0 Å². The van der Waals surface area contributed by atoms with Gasteiger partial charge in [0.25, 0.3) is 5.69 Å². The number of amides is 1. The van der Waals surface area contributed by atoms with E-state index in [4.69, 9.17) is 16.3 Å². The second-order valence-corrected chi connectivity index (χ2v) is 7.47. The van der Waals surface area contributed by atoms with Crippen molar-refractivity contribution in [2.45, 2.75) is 13.0 Å². The summed E-state index contributed by atoms with van der Waals surface area (Å²) in [5, 5.41) is 13.6. The zero-order valence-electron chi connectivity index (χ0n) is 14.8. The van der Waals surface area contributed by atoms with E-state index in [9.17, 15) is 14.9 Å². The molecule has 0 spiro atoms. The van der Waals surface area contributed by atoms with Gasteiger partial charge in [-0.2, -0.15) is 0 Å². The highest BCUT2D eigenvalue weighted by molar-refractivity contribution is 7.16. The number of ether oxygens (including phenoxy) is 1. The number of nitrogens with one attached hydrogen (secondary N) is 1. The number of carbonyl (C=O) groups is 1. The molecule has 1 aromatic heterocycles. The van der Waals surface area contributed by atoms with Crippen LogP contribution >= 0.6 is 22.9 Å². The molecule has 1 aromatic carbocycles. The maximum absolute atomic E-state index is 12.3. The van der Waals surface area contributed by atoms with E-state index >= 15 is 0 Å². The first-order valence-corrected chi connectivity index (χ1v) is 9.32. The SMILES string of the molecule is C=CCN(CCC(=O)Nc1cc([N+](=O)[O-])ccc1OC)Cc1ccc(Cl)s1. The van der Waals surface area contributed by atoms with Gasteiger partial charge in [0.1, 0.15) is 5.75 Å². The summed E-state index contributed by atoms with van der Waals surface area (Å²) >= 11 is 7.45. The zero-order valence-corrected chi connectivity index (χ0v) is 16.4. The van der Waals surface area contributed by atoms with Gasteiger partial charge in [0.2, 0.25) is 5.91 Å². The van der Waals surface area contributed by atoms with Crippen LogP contribution in [0.5, 0.6) is 5.75 Å². The molecule has 0 saturated carbocycles. The van der Waals surface area contributed by atoms with Crippen molar-refractivity contribution >= 4 is 40.2 Å². The Hall–Kier alpha value is -2.42. The van der Waals surface area contributed by atoms with Gasteiger partial charge in [-0.15, -0.1) is 17.9 Å². The standard InChI is InChI=1S/C18H20ClN3O4S/c1-3-9-21(12-14-5-7-17(19)27-14)10-8-18(23)20-15-11-13(22(24)25)4-6-16(15)26-2/h3-7,11H,1,8-10,12H2,2H3,(H,20,23). The number of nitrogens with zero attached hydrogens (tertiary/aromatic N) is 2. The summed E-state index contributed by atoms with van der Waals surface area (Å²) in [6, 6.07) is 7.86. The molecule has 0 radical (unpaired) electrons. The molecule has 0 aliphatic rings. The van der Waals surface area contributed by atoms with Crippen LogP contribution in [0.4, 0.5) is 11.4 Å². The predicted octanol–water partition coefficient (Wildman–Crippen LogP) is 4.34. The summed E-state index contributed by atoms with van der Waals surface area (Å²) in [7, 11) is 1.44. The van der Waals surface area contributed by atoms with E-state index in [1.807, 2.05) is 12.1 Å². The van der Waals surface area contributed by atoms with Crippen molar-refractivity contribution in [2.75, 3.05) is 25.5 Å². The molecule has 2 aromatic rings. The third kappa shape index (κ3) is 6.35. The molecule has 9 heteroatoms. The molecule has 2 rings (SSSR count). The van der Waals surface area contributed by atoms with E-state index < -0.39 is 4.92 Å². The van der Waals surface area contributed by atoms with Gasteiger partial charge >= 0.3 is 0 Å². The molecule has 144 valence electrons. The summed E-state index contributed by atoms with van der Waals surface area (Å²) in [6.45, 7) is 5.54. The molecule has 1 heterocycles. The van der Waals surface area contributed by atoms with Crippen molar-refractivity contribution in [1.29, 1.82) is 0 Å². The van der Waals surface area contributed by atoms with Gasteiger partial charge < -0.3 is 10.1 Å². The van der Waals surface area contributed by atoms with Gasteiger partial charge in [-0.05, 0) is 18.2 Å². The molecule has 7 nitrogen and oxygen atoms in total. The number of hydrogen-bond acceptors (Lipinski definition) is 6. The maximum Gasteiger partial charge on any atom is 0.271 e. The summed E-state index contributed by atoms with van der Waals surface area (Å²) < 4.78 is 5.88. The van der Waals surface area contributed by atoms with Crippen LogP contribution in [-0.2, 0) is 11.3 Å². The fourth-order valence-corrected chi connectivity index (χ4v) is 3.58. The molecule has 0 aliphatic carbocycles. The van der Waals surface area contributed by atoms with Crippen molar-refractivity contribution in [3.8, 4) is 5.75 Å². The minimum atomic E-state index is -0.521. The molecule has 1 N–H and O–H groups in total. The van der Waals surface area contributed by atoms with E-state index in [2.05, 4.69) is 16.8 Å². The lowest BCUT2D eigenvalue weighted by Crippen LogP contribution is -2.27. The quantitative estimate of drug-likeness (QED) is 0.358. The first-order chi connectivity index (χ1) is 12.9. The number of non-ortho nitro benzene ring substituents is 1. The van der Waals surface area contributed by atoms with Crippen molar-refractivity contribution in [2.24, 2.45) is 0 Å². The monoisotopic (exact) mass is 409 g/mol. The number of thiophene rings is 1. The molecule has 27 heavy (non-hydrogen) atoms. The lowest BCUT2D eigenvalue weighted by molar-refractivity contribution is -0.384. The highest BCUT2D eigenvalue weighted by Gasteiger charge is 2.15. The lowest BCUT2D eigenvalue weighted by atomic mass is 10.2. The number of nitro groups is 1. The summed E-state index contributed by atoms with van der Waals surface area (Å²) in [5.41, 5.74) is 0.158. The Morgan fingerprint density at radius 3 is 2.81 bits per heavy atom. The largest absolute Gasteiger partial charge is 0.495 e. The normalized spacial score (nSPS) is 10.6. The Morgan fingerprint density at radius 1 is 1.44 bits per heavy atom. The molecule has 0 aliphatic heterocycles. The van der Waals surface area contributed by atoms with Gasteiger partial charge in [-0.25, -0.2) is 0 Å². The second kappa shape index (κ2) is 10.1. The number of anilines is 1. The summed E-state index contributed by atoms with van der Waals surface area (Å²) in [5.74, 6) is 0.109. The average Bonchev–Trinajstić information content (AvgIpc) is 3.04. The van der Waals surface area contributed by atoms with Crippen LogP contribution in [0.25, 0.3) is 0 Å². The predicted molar refractivity (Wildman–Crippen MR) is 108 cm³/mol. The van der Waals surface area contributed by atoms with Crippen molar-refractivity contribution in [3.05, 3.63) is 62.3 Å². The van der Waals surface area contributed by atoms with Gasteiger partial charge in [-0.1, -0.05) is 17.7 Å². The fraction of sp³-hybridized carbons (Fsp3) is 0.278. The van der Waals surface area contributed by atoms with E-state index in [-0.39, 0.29) is 23.7 Å². The Bertz CT molecular complexity index is 825. The van der Waals surface area contributed by atoms with Crippen LogP contribution in [0.2, 0.25) is 4.34 Å². The van der Waals surface area contributed by atoms with E-state index in [1.165, 1.54) is 36.6 Å². The van der Waals surface area contributed by atoms with Crippen LogP contribution in [0, 0.1) is 10.1 Å². The third-order valence-electron chi connectivity index (χ3n) is 3.72. The molecule has 0 bridgehead atoms. The fourth-order valence-electron chi connectivity index (χ4n) is 2.45. The Labute approximate surface area is 166 Å². The lowest BCUT2D eigenvalue weighted by Gasteiger charge is -2.19. The van der Waals surface area contributed by atoms with Crippen LogP contribution in [0.15, 0.2) is 43.0 Å². The topological polar surface area (TPSA) is 84.7 Å². The highest BCUT2D eigenvalue weighted by Crippen LogP contribution is 2.29. The highest BCUT2D eigenvalue weighted by atomic mass is 35.5.